The number of carbonyl (C=O) groups excluding carboxylic acids is 2. The summed E-state index contributed by atoms with van der Waals surface area (Å²) in [5.74, 6) is -0.515. The molecule has 0 aromatic heterocycles. The lowest BCUT2D eigenvalue weighted by molar-refractivity contribution is -0.385. The van der Waals surface area contributed by atoms with Gasteiger partial charge >= 0.3 is 5.97 Å². The Morgan fingerprint density at radius 3 is 2.95 bits per heavy atom. The highest BCUT2D eigenvalue weighted by Gasteiger charge is 2.24. The molecule has 0 radical (unpaired) electrons. The van der Waals surface area contributed by atoms with E-state index in [1.54, 1.807) is 6.07 Å². The molecule has 1 aromatic rings. The monoisotopic (exact) mass is 296 g/mol. The minimum Gasteiger partial charge on any atom is -0.468 e. The molecule has 20 heavy (non-hydrogen) atoms. The maximum absolute atomic E-state index is 11.9. The molecule has 1 aliphatic rings. The van der Waals surface area contributed by atoms with Gasteiger partial charge in [-0.25, -0.2) is 0 Å². The number of non-ortho nitro benzene ring substituents is 1. The average molecular weight is 296 g/mol. The Morgan fingerprint density at radius 2 is 2.30 bits per heavy atom. The number of hydrogen-bond acceptors (Lipinski definition) is 6. The Labute approximate surface area is 119 Å². The van der Waals surface area contributed by atoms with E-state index >= 15 is 0 Å². The molecular weight excluding hydrogens is 284 g/mol. The third-order valence-corrected chi connectivity index (χ3v) is 3.97. The van der Waals surface area contributed by atoms with Gasteiger partial charge in [-0.2, -0.15) is 0 Å². The largest absolute Gasteiger partial charge is 0.468 e. The fourth-order valence-electron chi connectivity index (χ4n) is 1.83. The first-order valence-corrected chi connectivity index (χ1v) is 6.74. The van der Waals surface area contributed by atoms with Crippen LogP contribution in [0.25, 0.3) is 0 Å². The number of thioether (sulfide) groups is 1. The van der Waals surface area contributed by atoms with Crippen LogP contribution in [0.3, 0.4) is 0 Å². The number of hydrogen-bond donors (Lipinski definition) is 0. The van der Waals surface area contributed by atoms with E-state index in [-0.39, 0.29) is 30.4 Å². The number of nitro benzene ring substituents is 1. The van der Waals surface area contributed by atoms with Gasteiger partial charge in [-0.1, -0.05) is 0 Å². The second-order valence-corrected chi connectivity index (χ2v) is 5.18. The highest BCUT2D eigenvalue weighted by atomic mass is 32.2. The van der Waals surface area contributed by atoms with E-state index in [9.17, 15) is 19.7 Å². The number of carbonyl (C=O) groups is 2. The van der Waals surface area contributed by atoms with Crippen molar-refractivity contribution < 1.29 is 19.2 Å². The van der Waals surface area contributed by atoms with Gasteiger partial charge < -0.3 is 9.64 Å². The van der Waals surface area contributed by atoms with Crippen LogP contribution in [0.5, 0.6) is 0 Å². The van der Waals surface area contributed by atoms with Gasteiger partial charge in [-0.05, 0) is 11.6 Å². The first-order valence-electron chi connectivity index (χ1n) is 5.76. The van der Waals surface area contributed by atoms with Crippen LogP contribution in [0.1, 0.15) is 5.56 Å². The molecule has 8 heteroatoms. The zero-order chi connectivity index (χ0) is 14.7. The van der Waals surface area contributed by atoms with Crippen LogP contribution in [0.15, 0.2) is 23.1 Å². The topological polar surface area (TPSA) is 89.8 Å². The van der Waals surface area contributed by atoms with Crippen molar-refractivity contribution in [1.29, 1.82) is 0 Å². The maximum Gasteiger partial charge on any atom is 0.325 e. The summed E-state index contributed by atoms with van der Waals surface area (Å²) in [7, 11) is 1.25. The number of rotatable bonds is 3. The lowest BCUT2D eigenvalue weighted by Crippen LogP contribution is -2.35. The molecular formula is C12H12N2O5S. The highest BCUT2D eigenvalue weighted by molar-refractivity contribution is 8.00. The van der Waals surface area contributed by atoms with Gasteiger partial charge in [-0.15, -0.1) is 11.8 Å². The van der Waals surface area contributed by atoms with Gasteiger partial charge in [0.1, 0.15) is 6.54 Å². The standard InChI is InChI=1S/C12H12N2O5S/c1-19-12(16)6-13-5-8-4-9(14(17)18)2-3-10(8)20-7-11(13)15/h2-4H,5-7H2,1H3. The number of fused-ring (bicyclic) bond motifs is 1. The molecule has 2 rings (SSSR count). The fraction of sp³-hybridized carbons (Fsp3) is 0.333. The number of ether oxygens (including phenoxy) is 1. The first-order chi connectivity index (χ1) is 9.51. The molecule has 1 aliphatic heterocycles. The van der Waals surface area contributed by atoms with Crippen molar-refractivity contribution >= 4 is 29.3 Å². The Bertz CT molecular complexity index is 575. The Kier molecular flexibility index (Phi) is 4.23. The summed E-state index contributed by atoms with van der Waals surface area (Å²) in [6, 6.07) is 4.48. The predicted octanol–water partition coefficient (Wildman–Crippen LogP) is 1.20. The molecule has 1 aromatic carbocycles. The van der Waals surface area contributed by atoms with Crippen LogP contribution in [0, 0.1) is 10.1 Å². The number of methoxy groups -OCH3 is 1. The van der Waals surface area contributed by atoms with Crippen molar-refractivity contribution in [2.75, 3.05) is 19.4 Å². The van der Waals surface area contributed by atoms with Crippen molar-refractivity contribution in [1.82, 2.24) is 4.90 Å². The molecule has 0 spiro atoms. The minimum atomic E-state index is -0.516. The van der Waals surface area contributed by atoms with Gasteiger partial charge in [0.15, 0.2) is 0 Å². The molecule has 0 atom stereocenters. The average Bonchev–Trinajstić information content (AvgIpc) is 2.58. The molecule has 0 bridgehead atoms. The van der Waals surface area contributed by atoms with Crippen LogP contribution in [0.2, 0.25) is 0 Å². The summed E-state index contributed by atoms with van der Waals surface area (Å²) < 4.78 is 4.54. The van der Waals surface area contributed by atoms with Crippen molar-refractivity contribution in [2.45, 2.75) is 11.4 Å². The smallest absolute Gasteiger partial charge is 0.325 e. The van der Waals surface area contributed by atoms with E-state index in [0.717, 1.165) is 4.90 Å². The van der Waals surface area contributed by atoms with E-state index in [0.29, 0.717) is 5.56 Å². The Hall–Kier alpha value is -2.09. The Balaban J connectivity index is 2.28. The van der Waals surface area contributed by atoms with Crippen molar-refractivity contribution in [3.05, 3.63) is 33.9 Å². The van der Waals surface area contributed by atoms with E-state index in [4.69, 9.17) is 0 Å². The summed E-state index contributed by atoms with van der Waals surface area (Å²) in [6.45, 7) is 0.00989. The second kappa shape index (κ2) is 5.91. The van der Waals surface area contributed by atoms with Crippen molar-refractivity contribution in [2.24, 2.45) is 0 Å². The Morgan fingerprint density at radius 1 is 1.55 bits per heavy atom. The molecule has 0 N–H and O–H groups in total. The SMILES string of the molecule is COC(=O)CN1Cc2cc([N+](=O)[O-])ccc2SCC1=O. The zero-order valence-electron chi connectivity index (χ0n) is 10.7. The number of amides is 1. The third-order valence-electron chi connectivity index (χ3n) is 2.87. The summed E-state index contributed by atoms with van der Waals surface area (Å²) in [5, 5.41) is 10.8. The molecule has 0 unspecified atom stereocenters. The van der Waals surface area contributed by atoms with Crippen LogP contribution in [0.4, 0.5) is 5.69 Å². The van der Waals surface area contributed by atoms with Gasteiger partial charge in [0.05, 0.1) is 17.8 Å². The van der Waals surface area contributed by atoms with Crippen LogP contribution >= 0.6 is 11.8 Å². The van der Waals surface area contributed by atoms with E-state index in [2.05, 4.69) is 4.74 Å². The minimum absolute atomic E-state index is 0.0308. The van der Waals surface area contributed by atoms with Crippen molar-refractivity contribution in [3.8, 4) is 0 Å². The first kappa shape index (κ1) is 14.3. The van der Waals surface area contributed by atoms with E-state index in [1.165, 1.54) is 35.9 Å². The quantitative estimate of drug-likeness (QED) is 0.473. The molecule has 106 valence electrons. The third kappa shape index (κ3) is 3.08. The second-order valence-electron chi connectivity index (χ2n) is 4.16. The zero-order valence-corrected chi connectivity index (χ0v) is 11.5. The van der Waals surface area contributed by atoms with Gasteiger partial charge in [0.25, 0.3) is 5.69 Å². The summed E-state index contributed by atoms with van der Waals surface area (Å²) in [5.41, 5.74) is 0.635. The molecule has 7 nitrogen and oxygen atoms in total. The number of esters is 1. The molecule has 0 aliphatic carbocycles. The van der Waals surface area contributed by atoms with Crippen LogP contribution in [-0.4, -0.2) is 41.1 Å². The molecule has 0 saturated heterocycles. The summed E-state index contributed by atoms with van der Waals surface area (Å²) in [4.78, 5) is 35.7. The number of nitrogens with zero attached hydrogens (tertiary/aromatic N) is 2. The molecule has 0 fully saturated rings. The van der Waals surface area contributed by atoms with Crippen molar-refractivity contribution in [3.63, 3.8) is 0 Å². The lowest BCUT2D eigenvalue weighted by atomic mass is 10.2. The molecule has 1 heterocycles. The maximum atomic E-state index is 11.9. The molecule has 0 saturated carbocycles. The number of nitro groups is 1. The highest BCUT2D eigenvalue weighted by Crippen LogP contribution is 2.30. The molecule has 1 amide bonds. The van der Waals surface area contributed by atoms with Crippen LogP contribution < -0.4 is 0 Å². The summed E-state index contributed by atoms with van der Waals surface area (Å²) in [6.07, 6.45) is 0. The van der Waals surface area contributed by atoms with E-state index in [1.807, 2.05) is 0 Å². The van der Waals surface area contributed by atoms with Crippen LogP contribution in [-0.2, 0) is 20.9 Å². The predicted molar refractivity (Wildman–Crippen MR) is 71.3 cm³/mol. The fourth-order valence-corrected chi connectivity index (χ4v) is 2.77. The van der Waals surface area contributed by atoms with Gasteiger partial charge in [0.2, 0.25) is 5.91 Å². The normalized spacial score (nSPS) is 14.4. The van der Waals surface area contributed by atoms with Gasteiger partial charge in [-0.3, -0.25) is 19.7 Å². The number of benzene rings is 1. The summed E-state index contributed by atoms with van der Waals surface area (Å²) >= 11 is 1.31. The lowest BCUT2D eigenvalue weighted by Gasteiger charge is -2.18. The van der Waals surface area contributed by atoms with E-state index < -0.39 is 10.9 Å². The van der Waals surface area contributed by atoms with Gasteiger partial charge in [0, 0.05) is 23.6 Å².